The molecular formula is C57H114N6O4. The lowest BCUT2D eigenvalue weighted by atomic mass is 9.99. The Bertz CT molecular complexity index is 1180. The molecule has 396 valence electrons. The summed E-state index contributed by atoms with van der Waals surface area (Å²) in [7, 11) is 8.13. The van der Waals surface area contributed by atoms with Crippen molar-refractivity contribution in [2.75, 3.05) is 67.5 Å². The lowest BCUT2D eigenvalue weighted by Gasteiger charge is -2.34. The molecule has 0 spiro atoms. The number of carbonyl (C=O) groups is 4. The molecule has 0 aliphatic carbocycles. The standard InChI is InChI=1S/C57H114N6O4/c1-11-13-15-17-19-21-23-25-27-29-31-33-37-42-52(64)62(47-41-46-60(7)8)54(50(3)4)56(66)58-44-39-35-36-40-45-59-57(67)55(51(5)6)63(49-48-61(9)10)53(65)43-38-34-32-30-28-26-24-22-20-18-16-14-12-2/h50-51,54-55H,11-49H2,1-10H3,(H,58,66)(H,59,67). The topological polar surface area (TPSA) is 105 Å². The van der Waals surface area contributed by atoms with E-state index in [0.29, 0.717) is 39.0 Å². The van der Waals surface area contributed by atoms with Gasteiger partial charge in [0.2, 0.25) is 23.6 Å². The predicted octanol–water partition coefficient (Wildman–Crippen LogP) is 13.0. The molecule has 0 rings (SSSR count). The van der Waals surface area contributed by atoms with Gasteiger partial charge in [0, 0.05) is 45.6 Å². The Morgan fingerprint density at radius 2 is 0.627 bits per heavy atom. The number of amides is 4. The number of carbonyl (C=O) groups excluding carboxylic acids is 4. The second-order valence-corrected chi connectivity index (χ2v) is 21.5. The van der Waals surface area contributed by atoms with E-state index in [0.717, 1.165) is 70.9 Å². The van der Waals surface area contributed by atoms with Crippen LogP contribution in [0.5, 0.6) is 0 Å². The highest BCUT2D eigenvalue weighted by Gasteiger charge is 2.33. The number of unbranched alkanes of at least 4 members (excludes halogenated alkanes) is 27. The summed E-state index contributed by atoms with van der Waals surface area (Å²) in [6.45, 7) is 16.6. The first-order chi connectivity index (χ1) is 32.3. The van der Waals surface area contributed by atoms with Gasteiger partial charge in [-0.3, -0.25) is 19.2 Å². The summed E-state index contributed by atoms with van der Waals surface area (Å²) in [4.78, 5) is 62.7. The smallest absolute Gasteiger partial charge is 0.243 e. The van der Waals surface area contributed by atoms with E-state index in [1.165, 1.54) is 141 Å². The van der Waals surface area contributed by atoms with Crippen molar-refractivity contribution in [3.05, 3.63) is 0 Å². The maximum Gasteiger partial charge on any atom is 0.243 e. The van der Waals surface area contributed by atoms with Gasteiger partial charge in [0.05, 0.1) is 0 Å². The SMILES string of the molecule is CCCCCCCCCCCCCCCC(=O)N(CCCN(C)C)C(C(=O)NCCCCCCNC(=O)C(C(C)C)N(CCN(C)C)C(=O)CCCCCCCCCCCCCCC)C(C)C. The quantitative estimate of drug-likeness (QED) is 0.0589. The molecule has 2 atom stereocenters. The Labute approximate surface area is 416 Å². The third-order valence-corrected chi connectivity index (χ3v) is 13.6. The first-order valence-electron chi connectivity index (χ1n) is 28.7. The van der Waals surface area contributed by atoms with Crippen LogP contribution in [0.15, 0.2) is 0 Å². The maximum atomic E-state index is 13.7. The zero-order valence-corrected chi connectivity index (χ0v) is 46.3. The van der Waals surface area contributed by atoms with Crippen LogP contribution in [0.1, 0.15) is 253 Å². The Morgan fingerprint density at radius 1 is 0.343 bits per heavy atom. The second kappa shape index (κ2) is 45.0. The molecule has 10 heteroatoms. The van der Waals surface area contributed by atoms with E-state index < -0.39 is 12.1 Å². The second-order valence-electron chi connectivity index (χ2n) is 21.5. The molecule has 0 aromatic carbocycles. The first-order valence-corrected chi connectivity index (χ1v) is 28.7. The molecule has 0 aliphatic heterocycles. The maximum absolute atomic E-state index is 13.7. The van der Waals surface area contributed by atoms with Crippen molar-refractivity contribution in [2.24, 2.45) is 11.8 Å². The summed E-state index contributed by atoms with van der Waals surface area (Å²) in [5.74, 6) is 0.121. The van der Waals surface area contributed by atoms with Crippen molar-refractivity contribution in [1.29, 1.82) is 0 Å². The first kappa shape index (κ1) is 64.8. The van der Waals surface area contributed by atoms with E-state index in [2.05, 4.69) is 48.1 Å². The van der Waals surface area contributed by atoms with Crippen molar-refractivity contribution in [1.82, 2.24) is 30.2 Å². The van der Waals surface area contributed by atoms with E-state index in [9.17, 15) is 19.2 Å². The number of rotatable bonds is 48. The minimum Gasteiger partial charge on any atom is -0.354 e. The van der Waals surface area contributed by atoms with Crippen molar-refractivity contribution in [2.45, 2.75) is 266 Å². The average Bonchev–Trinajstić information content (AvgIpc) is 3.27. The van der Waals surface area contributed by atoms with Crippen molar-refractivity contribution < 1.29 is 19.2 Å². The molecule has 2 N–H and O–H groups in total. The van der Waals surface area contributed by atoms with Crippen LogP contribution in [-0.4, -0.2) is 123 Å². The Morgan fingerprint density at radius 3 is 0.925 bits per heavy atom. The monoisotopic (exact) mass is 947 g/mol. The van der Waals surface area contributed by atoms with Gasteiger partial charge in [0.25, 0.3) is 0 Å². The van der Waals surface area contributed by atoms with Crippen LogP contribution in [0.3, 0.4) is 0 Å². The van der Waals surface area contributed by atoms with Crippen LogP contribution >= 0.6 is 0 Å². The summed E-state index contributed by atoms with van der Waals surface area (Å²) in [6.07, 6.45) is 38.5. The van der Waals surface area contributed by atoms with Crippen LogP contribution in [0, 0.1) is 11.8 Å². The molecule has 0 saturated carbocycles. The molecule has 0 saturated heterocycles. The summed E-state index contributed by atoms with van der Waals surface area (Å²) in [6, 6.07) is -0.957. The van der Waals surface area contributed by atoms with Crippen molar-refractivity contribution in [3.8, 4) is 0 Å². The zero-order valence-electron chi connectivity index (χ0n) is 46.3. The van der Waals surface area contributed by atoms with Gasteiger partial charge in [-0.05, 0) is 78.7 Å². The van der Waals surface area contributed by atoms with Crippen LogP contribution in [0.25, 0.3) is 0 Å². The number of nitrogens with one attached hydrogen (secondary N) is 2. The summed E-state index contributed by atoms with van der Waals surface area (Å²) < 4.78 is 0. The summed E-state index contributed by atoms with van der Waals surface area (Å²) in [5, 5.41) is 6.35. The van der Waals surface area contributed by atoms with E-state index in [1.807, 2.05) is 51.8 Å². The molecule has 0 bridgehead atoms. The van der Waals surface area contributed by atoms with E-state index >= 15 is 0 Å². The molecule has 0 radical (unpaired) electrons. The van der Waals surface area contributed by atoms with Crippen molar-refractivity contribution >= 4 is 23.6 Å². The van der Waals surface area contributed by atoms with Gasteiger partial charge in [-0.25, -0.2) is 0 Å². The van der Waals surface area contributed by atoms with Gasteiger partial charge in [-0.1, -0.05) is 208 Å². The number of hydrogen-bond acceptors (Lipinski definition) is 6. The molecule has 67 heavy (non-hydrogen) atoms. The zero-order chi connectivity index (χ0) is 49.9. The van der Waals surface area contributed by atoms with Crippen LogP contribution in [0.4, 0.5) is 0 Å². The largest absolute Gasteiger partial charge is 0.354 e. The Hall–Kier alpha value is -2.20. The van der Waals surface area contributed by atoms with Crippen LogP contribution in [0.2, 0.25) is 0 Å². The van der Waals surface area contributed by atoms with Gasteiger partial charge in [-0.2, -0.15) is 0 Å². The van der Waals surface area contributed by atoms with E-state index in [-0.39, 0.29) is 35.5 Å². The Kier molecular flexibility index (Phi) is 43.5. The number of hydrogen-bond donors (Lipinski definition) is 2. The lowest BCUT2D eigenvalue weighted by Crippen LogP contribution is -2.54. The molecule has 0 fully saturated rings. The lowest BCUT2D eigenvalue weighted by molar-refractivity contribution is -0.142. The highest BCUT2D eigenvalue weighted by Crippen LogP contribution is 2.19. The predicted molar refractivity (Wildman–Crippen MR) is 288 cm³/mol. The summed E-state index contributed by atoms with van der Waals surface area (Å²) >= 11 is 0. The average molecular weight is 948 g/mol. The molecule has 0 aliphatic rings. The van der Waals surface area contributed by atoms with Gasteiger partial charge in [0.1, 0.15) is 12.1 Å². The van der Waals surface area contributed by atoms with Gasteiger partial charge in [0.15, 0.2) is 0 Å². The fourth-order valence-electron chi connectivity index (χ4n) is 9.42. The van der Waals surface area contributed by atoms with Gasteiger partial charge >= 0.3 is 0 Å². The van der Waals surface area contributed by atoms with E-state index in [1.54, 1.807) is 0 Å². The molecule has 0 aromatic rings. The minimum atomic E-state index is -0.484. The fraction of sp³-hybridized carbons (Fsp3) is 0.930. The third-order valence-electron chi connectivity index (χ3n) is 13.6. The Balaban J connectivity index is 4.82. The van der Waals surface area contributed by atoms with Gasteiger partial charge < -0.3 is 30.2 Å². The molecule has 0 aromatic heterocycles. The van der Waals surface area contributed by atoms with Crippen LogP contribution in [-0.2, 0) is 19.2 Å². The summed E-state index contributed by atoms with van der Waals surface area (Å²) in [5.41, 5.74) is 0. The van der Waals surface area contributed by atoms with Crippen LogP contribution < -0.4 is 10.6 Å². The van der Waals surface area contributed by atoms with Crippen molar-refractivity contribution in [3.63, 3.8) is 0 Å². The molecule has 4 amide bonds. The van der Waals surface area contributed by atoms with E-state index in [4.69, 9.17) is 0 Å². The number of likely N-dealkylation sites (N-methyl/N-ethyl adjacent to an activating group) is 1. The number of nitrogens with zero attached hydrogens (tertiary/aromatic N) is 4. The minimum absolute atomic E-state index is 0.00875. The highest BCUT2D eigenvalue weighted by atomic mass is 16.2. The normalized spacial score (nSPS) is 12.6. The molecule has 10 nitrogen and oxygen atoms in total. The fourth-order valence-corrected chi connectivity index (χ4v) is 9.42. The molecule has 0 heterocycles. The molecular weight excluding hydrogens is 833 g/mol. The highest BCUT2D eigenvalue weighted by molar-refractivity contribution is 5.88. The van der Waals surface area contributed by atoms with Gasteiger partial charge in [-0.15, -0.1) is 0 Å². The third kappa shape index (κ3) is 36.4. The molecule has 2 unspecified atom stereocenters.